The summed E-state index contributed by atoms with van der Waals surface area (Å²) < 4.78 is 19.9. The highest BCUT2D eigenvalue weighted by molar-refractivity contribution is 5.44. The van der Waals surface area contributed by atoms with Crippen molar-refractivity contribution in [3.63, 3.8) is 0 Å². The van der Waals surface area contributed by atoms with Crippen LogP contribution >= 0.6 is 0 Å². The Morgan fingerprint density at radius 1 is 1.12 bits per heavy atom. The molecule has 1 aromatic heterocycles. The third-order valence-corrected chi connectivity index (χ3v) is 6.60. The molecule has 1 aromatic carbocycles. The fourth-order valence-corrected chi connectivity index (χ4v) is 5.01. The van der Waals surface area contributed by atoms with E-state index in [4.69, 9.17) is 16.2 Å². The molecule has 0 radical (unpaired) electrons. The predicted molar refractivity (Wildman–Crippen MR) is 124 cm³/mol. The van der Waals surface area contributed by atoms with Gasteiger partial charge in [0.2, 0.25) is 11.9 Å². The molecule has 0 bridgehead atoms. The Morgan fingerprint density at radius 3 is 2.62 bits per heavy atom. The first-order chi connectivity index (χ1) is 15.5. The molecule has 0 spiro atoms. The Morgan fingerprint density at radius 2 is 1.94 bits per heavy atom. The van der Waals surface area contributed by atoms with Gasteiger partial charge in [-0.05, 0) is 56.7 Å². The van der Waals surface area contributed by atoms with Gasteiger partial charge in [-0.3, -0.25) is 0 Å². The van der Waals surface area contributed by atoms with E-state index in [9.17, 15) is 4.39 Å². The monoisotopic (exact) mass is 443 g/mol. The van der Waals surface area contributed by atoms with E-state index < -0.39 is 5.82 Å². The van der Waals surface area contributed by atoms with Gasteiger partial charge in [0, 0.05) is 30.4 Å². The van der Waals surface area contributed by atoms with E-state index >= 15 is 0 Å². The lowest BCUT2D eigenvalue weighted by molar-refractivity contribution is 0.330. The van der Waals surface area contributed by atoms with E-state index in [0.717, 1.165) is 25.9 Å². The number of benzene rings is 1. The third-order valence-electron chi connectivity index (χ3n) is 6.60. The Balaban J connectivity index is 1.64. The van der Waals surface area contributed by atoms with Crippen molar-refractivity contribution in [3.8, 4) is 11.8 Å². The summed E-state index contributed by atoms with van der Waals surface area (Å²) in [6.07, 6.45) is 9.52. The smallest absolute Gasteiger partial charge is 0.328 e. The van der Waals surface area contributed by atoms with Crippen LogP contribution in [0.15, 0.2) is 18.2 Å². The lowest BCUT2D eigenvalue weighted by Gasteiger charge is -2.38. The molecule has 2 atom stereocenters. The molecule has 9 heteroatoms. The van der Waals surface area contributed by atoms with Gasteiger partial charge in [0.15, 0.2) is 11.6 Å². The van der Waals surface area contributed by atoms with Crippen LogP contribution in [0.5, 0.6) is 11.8 Å². The molecule has 4 rings (SSSR count). The molecule has 174 valence electrons. The summed E-state index contributed by atoms with van der Waals surface area (Å²) in [7, 11) is 0. The van der Waals surface area contributed by atoms with Gasteiger partial charge in [-0.2, -0.15) is 15.0 Å². The van der Waals surface area contributed by atoms with Gasteiger partial charge >= 0.3 is 6.01 Å². The zero-order chi connectivity index (χ0) is 22.5. The molecule has 32 heavy (non-hydrogen) atoms. The zero-order valence-corrected chi connectivity index (χ0v) is 18.8. The number of hydrogen-bond acceptors (Lipinski definition) is 8. The first-order valence-corrected chi connectivity index (χ1v) is 11.8. The second-order valence-corrected chi connectivity index (χ2v) is 8.90. The van der Waals surface area contributed by atoms with Crippen molar-refractivity contribution in [1.82, 2.24) is 20.3 Å². The number of aromatic nitrogens is 3. The lowest BCUT2D eigenvalue weighted by Crippen LogP contribution is -2.50. The molecule has 1 aliphatic heterocycles. The summed E-state index contributed by atoms with van der Waals surface area (Å²) in [6.45, 7) is 4.10. The second-order valence-electron chi connectivity index (χ2n) is 8.90. The maximum atomic E-state index is 14.3. The minimum atomic E-state index is -0.578. The van der Waals surface area contributed by atoms with Crippen LogP contribution in [0.4, 0.5) is 22.0 Å². The minimum absolute atomic E-state index is 0.000850. The largest absolute Gasteiger partial charge is 0.421 e. The van der Waals surface area contributed by atoms with Crippen molar-refractivity contribution < 1.29 is 9.13 Å². The maximum absolute atomic E-state index is 14.3. The molecule has 2 aromatic rings. The van der Waals surface area contributed by atoms with Crippen LogP contribution < -0.4 is 26.4 Å². The van der Waals surface area contributed by atoms with Crippen LogP contribution in [0, 0.1) is 11.7 Å². The highest BCUT2D eigenvalue weighted by Crippen LogP contribution is 2.31. The number of hydrogen-bond donors (Lipinski definition) is 3. The Hall–Kier alpha value is -2.68. The number of nitrogens with one attached hydrogen (secondary N) is 1. The van der Waals surface area contributed by atoms with E-state index in [-0.39, 0.29) is 23.8 Å². The number of nitrogens with zero attached hydrogens (tertiary/aromatic N) is 4. The van der Waals surface area contributed by atoms with Crippen LogP contribution in [0.2, 0.25) is 0 Å². The molecule has 2 unspecified atom stereocenters. The summed E-state index contributed by atoms with van der Waals surface area (Å²) in [5.74, 6) is 0.569. The summed E-state index contributed by atoms with van der Waals surface area (Å²) in [4.78, 5) is 15.4. The van der Waals surface area contributed by atoms with Gasteiger partial charge in [0.1, 0.15) is 0 Å². The average molecular weight is 444 g/mol. The molecule has 2 aliphatic rings. The molecule has 2 heterocycles. The number of nitrogens with two attached hydrogens (primary N) is 2. The van der Waals surface area contributed by atoms with Gasteiger partial charge in [0.25, 0.3) is 0 Å². The average Bonchev–Trinajstić information content (AvgIpc) is 3.30. The summed E-state index contributed by atoms with van der Waals surface area (Å²) in [5, 5.41) is 3.64. The fraction of sp³-hybridized carbons (Fsp3) is 0.609. The zero-order valence-electron chi connectivity index (χ0n) is 18.8. The van der Waals surface area contributed by atoms with Crippen LogP contribution in [0.1, 0.15) is 58.3 Å². The van der Waals surface area contributed by atoms with Crippen LogP contribution in [0.3, 0.4) is 0 Å². The van der Waals surface area contributed by atoms with E-state index in [0.29, 0.717) is 23.6 Å². The van der Waals surface area contributed by atoms with Gasteiger partial charge in [-0.25, -0.2) is 4.39 Å². The van der Waals surface area contributed by atoms with E-state index in [1.807, 2.05) is 0 Å². The molecular formula is C23H34FN7O. The first-order valence-electron chi connectivity index (χ1n) is 11.8. The number of halogens is 1. The number of rotatable bonds is 8. The number of anilines is 3. The van der Waals surface area contributed by atoms with Crippen molar-refractivity contribution >= 4 is 17.6 Å². The van der Waals surface area contributed by atoms with Crippen molar-refractivity contribution in [3.05, 3.63) is 24.0 Å². The Kier molecular flexibility index (Phi) is 7.24. The van der Waals surface area contributed by atoms with Crippen LogP contribution in [-0.4, -0.2) is 40.1 Å². The van der Waals surface area contributed by atoms with Crippen LogP contribution in [-0.2, 0) is 0 Å². The van der Waals surface area contributed by atoms with Gasteiger partial charge in [-0.15, -0.1) is 0 Å². The molecule has 2 fully saturated rings. The molecule has 1 aliphatic carbocycles. The second kappa shape index (κ2) is 10.3. The van der Waals surface area contributed by atoms with E-state index in [1.54, 1.807) is 6.07 Å². The molecular weight excluding hydrogens is 409 g/mol. The number of ether oxygens (including phenoxy) is 1. The highest BCUT2D eigenvalue weighted by atomic mass is 19.1. The van der Waals surface area contributed by atoms with Crippen molar-refractivity contribution in [2.24, 2.45) is 5.92 Å². The maximum Gasteiger partial charge on any atom is 0.328 e. The van der Waals surface area contributed by atoms with Gasteiger partial charge in [-0.1, -0.05) is 26.2 Å². The molecule has 0 amide bonds. The normalized spacial score (nSPS) is 20.2. The van der Waals surface area contributed by atoms with Crippen molar-refractivity contribution in [2.45, 2.75) is 70.4 Å². The molecule has 1 saturated carbocycles. The summed E-state index contributed by atoms with van der Waals surface area (Å²) in [6, 6.07) is 4.83. The first kappa shape index (κ1) is 22.5. The molecule has 8 nitrogen and oxygen atoms in total. The van der Waals surface area contributed by atoms with Crippen LogP contribution in [0.25, 0.3) is 0 Å². The standard InChI is InChI=1S/C23H34FN7O/c1-2-19(18-9-6-12-27-18)31(14-15-7-4-3-5-8-15)22-28-21(26)29-23(30-22)32-20-11-10-16(25)13-17(20)24/h10-11,13,15,18-19,27H,2-9,12,14,25H2,1H3,(H2,26,28,29,30). The van der Waals surface area contributed by atoms with Crippen molar-refractivity contribution in [2.75, 3.05) is 29.5 Å². The SMILES string of the molecule is CCC(C1CCCN1)N(CC1CCCCC1)c1nc(N)nc(Oc2ccc(N)cc2F)n1. The third kappa shape index (κ3) is 5.38. The van der Waals surface area contributed by atoms with Crippen molar-refractivity contribution in [1.29, 1.82) is 0 Å². The summed E-state index contributed by atoms with van der Waals surface area (Å²) >= 11 is 0. The van der Waals surface area contributed by atoms with Gasteiger partial charge < -0.3 is 26.4 Å². The van der Waals surface area contributed by atoms with Gasteiger partial charge in [0.05, 0.1) is 0 Å². The Bertz CT molecular complexity index is 900. The predicted octanol–water partition coefficient (Wildman–Crippen LogP) is 3.88. The fourth-order valence-electron chi connectivity index (χ4n) is 5.01. The molecule has 1 saturated heterocycles. The molecule has 5 N–H and O–H groups in total. The summed E-state index contributed by atoms with van der Waals surface area (Å²) in [5.41, 5.74) is 12.0. The van der Waals surface area contributed by atoms with E-state index in [1.165, 1.54) is 50.7 Å². The number of nitrogen functional groups attached to an aromatic ring is 2. The minimum Gasteiger partial charge on any atom is -0.421 e. The quantitative estimate of drug-likeness (QED) is 0.527. The topological polar surface area (TPSA) is 115 Å². The highest BCUT2D eigenvalue weighted by Gasteiger charge is 2.32. The Labute approximate surface area is 189 Å². The van der Waals surface area contributed by atoms with E-state index in [2.05, 4.69) is 32.1 Å². The lowest BCUT2D eigenvalue weighted by atomic mass is 9.88.